The van der Waals surface area contributed by atoms with Crippen molar-refractivity contribution in [3.8, 4) is 11.4 Å². The van der Waals surface area contributed by atoms with Crippen LogP contribution in [0.25, 0.3) is 22.3 Å². The van der Waals surface area contributed by atoms with Crippen molar-refractivity contribution >= 4 is 34.4 Å². The van der Waals surface area contributed by atoms with E-state index >= 15 is 0 Å². The van der Waals surface area contributed by atoms with Crippen molar-refractivity contribution < 1.29 is 9.59 Å². The van der Waals surface area contributed by atoms with Crippen molar-refractivity contribution in [1.82, 2.24) is 25.6 Å². The number of rotatable bonds is 11. The first-order valence-electron chi connectivity index (χ1n) is 11.8. The number of pyridine rings is 1. The summed E-state index contributed by atoms with van der Waals surface area (Å²) in [6, 6.07) is 23.2. The molecule has 0 radical (unpaired) electrons. The molecule has 2 aromatic heterocycles. The highest BCUT2D eigenvalue weighted by molar-refractivity contribution is 5.81. The molecule has 2 heterocycles. The highest BCUT2D eigenvalue weighted by atomic mass is 16.2. The summed E-state index contributed by atoms with van der Waals surface area (Å²) in [6.07, 6.45) is 0.221. The number of para-hydroxylation sites is 1. The van der Waals surface area contributed by atoms with Gasteiger partial charge >= 0.3 is 0 Å². The second-order valence-corrected chi connectivity index (χ2v) is 8.19. The van der Waals surface area contributed by atoms with E-state index in [1.165, 1.54) is 6.92 Å². The maximum absolute atomic E-state index is 12.4. The third kappa shape index (κ3) is 7.23. The maximum atomic E-state index is 12.4. The predicted octanol–water partition coefficient (Wildman–Crippen LogP) is 3.01. The van der Waals surface area contributed by atoms with E-state index in [9.17, 15) is 9.59 Å². The van der Waals surface area contributed by atoms with Crippen LogP contribution in [0.4, 0.5) is 11.6 Å². The van der Waals surface area contributed by atoms with Gasteiger partial charge in [-0.2, -0.15) is 0 Å². The molecule has 0 aliphatic heterocycles. The molecule has 0 saturated carbocycles. The van der Waals surface area contributed by atoms with Gasteiger partial charge in [-0.05, 0) is 12.1 Å². The number of nitrogens with one attached hydrogen (secondary N) is 4. The van der Waals surface area contributed by atoms with Gasteiger partial charge in [0.15, 0.2) is 5.82 Å². The Kier molecular flexibility index (Phi) is 8.37. The molecule has 9 heteroatoms. The molecule has 0 saturated heterocycles. The average molecular weight is 484 g/mol. The number of carbonyl (C=O) groups excluding carboxylic acids is 2. The van der Waals surface area contributed by atoms with Crippen molar-refractivity contribution in [1.29, 1.82) is 0 Å². The number of benzene rings is 2. The van der Waals surface area contributed by atoms with Crippen LogP contribution < -0.4 is 21.3 Å². The lowest BCUT2D eigenvalue weighted by Crippen LogP contribution is -2.30. The molecular formula is C27H29N7O2. The summed E-state index contributed by atoms with van der Waals surface area (Å²) in [4.78, 5) is 37.3. The van der Waals surface area contributed by atoms with Gasteiger partial charge in [-0.25, -0.2) is 9.97 Å². The van der Waals surface area contributed by atoms with Crippen LogP contribution in [0.2, 0.25) is 0 Å². The maximum Gasteiger partial charge on any atom is 0.226 e. The number of anilines is 2. The fourth-order valence-corrected chi connectivity index (χ4v) is 3.60. The quantitative estimate of drug-likeness (QED) is 0.242. The summed E-state index contributed by atoms with van der Waals surface area (Å²) in [5.74, 6) is 1.69. The lowest BCUT2D eigenvalue weighted by atomic mass is 10.2. The van der Waals surface area contributed by atoms with E-state index in [0.717, 1.165) is 22.2 Å². The largest absolute Gasteiger partial charge is 0.368 e. The minimum atomic E-state index is -0.0902. The smallest absolute Gasteiger partial charge is 0.226 e. The van der Waals surface area contributed by atoms with Crippen molar-refractivity contribution in [2.45, 2.75) is 13.3 Å². The normalized spacial score (nSPS) is 10.6. The van der Waals surface area contributed by atoms with E-state index in [0.29, 0.717) is 43.6 Å². The average Bonchev–Trinajstić information content (AvgIpc) is 2.89. The lowest BCUT2D eigenvalue weighted by Gasteiger charge is -2.12. The van der Waals surface area contributed by atoms with Crippen LogP contribution in [-0.2, 0) is 16.0 Å². The summed E-state index contributed by atoms with van der Waals surface area (Å²) in [5, 5.41) is 13.2. The first kappa shape index (κ1) is 24.6. The minimum Gasteiger partial charge on any atom is -0.368 e. The molecule has 0 unspecified atom stereocenters. The van der Waals surface area contributed by atoms with Gasteiger partial charge in [-0.3, -0.25) is 14.6 Å². The van der Waals surface area contributed by atoms with Gasteiger partial charge in [0.25, 0.3) is 0 Å². The van der Waals surface area contributed by atoms with E-state index in [2.05, 4.69) is 36.2 Å². The van der Waals surface area contributed by atoms with Crippen LogP contribution in [0.5, 0.6) is 0 Å². The van der Waals surface area contributed by atoms with Crippen molar-refractivity contribution in [2.75, 3.05) is 36.8 Å². The number of carbonyl (C=O) groups is 2. The van der Waals surface area contributed by atoms with Crippen LogP contribution in [0, 0.1) is 0 Å². The Morgan fingerprint density at radius 1 is 0.722 bits per heavy atom. The third-order valence-corrected chi connectivity index (χ3v) is 5.31. The molecular weight excluding hydrogens is 454 g/mol. The molecule has 0 aliphatic carbocycles. The molecule has 184 valence electrons. The molecule has 36 heavy (non-hydrogen) atoms. The zero-order chi connectivity index (χ0) is 25.2. The van der Waals surface area contributed by atoms with E-state index in [-0.39, 0.29) is 18.2 Å². The van der Waals surface area contributed by atoms with Crippen LogP contribution in [0.15, 0.2) is 72.8 Å². The van der Waals surface area contributed by atoms with Crippen LogP contribution >= 0.6 is 0 Å². The van der Waals surface area contributed by atoms with Gasteiger partial charge in [0.2, 0.25) is 11.8 Å². The zero-order valence-electron chi connectivity index (χ0n) is 20.1. The number of hydrogen-bond donors (Lipinski definition) is 4. The van der Waals surface area contributed by atoms with Crippen molar-refractivity contribution in [3.63, 3.8) is 0 Å². The number of nitrogens with zero attached hydrogens (tertiary/aromatic N) is 3. The monoisotopic (exact) mass is 483 g/mol. The van der Waals surface area contributed by atoms with E-state index in [1.807, 2.05) is 66.7 Å². The van der Waals surface area contributed by atoms with Crippen LogP contribution in [0.3, 0.4) is 0 Å². The van der Waals surface area contributed by atoms with E-state index in [1.54, 1.807) is 6.07 Å². The third-order valence-electron chi connectivity index (χ3n) is 5.31. The number of aromatic nitrogens is 3. The topological polar surface area (TPSA) is 121 Å². The first-order chi connectivity index (χ1) is 17.6. The molecule has 4 rings (SSSR count). The summed E-state index contributed by atoms with van der Waals surface area (Å²) in [7, 11) is 0. The highest BCUT2D eigenvalue weighted by Gasteiger charge is 2.08. The van der Waals surface area contributed by atoms with Crippen LogP contribution in [-0.4, -0.2) is 52.9 Å². The Labute approximate surface area is 209 Å². The number of amides is 2. The molecule has 9 nitrogen and oxygen atoms in total. The SMILES string of the molecule is CC(=O)NCCNc1cc(NCCNC(=O)Cc2ccc3ccccc3n2)nc(-c2ccccc2)n1. The number of fused-ring (bicyclic) bond motifs is 1. The molecule has 0 spiro atoms. The molecule has 2 aromatic carbocycles. The van der Waals surface area contributed by atoms with Gasteiger partial charge < -0.3 is 21.3 Å². The Hall–Kier alpha value is -4.53. The van der Waals surface area contributed by atoms with Crippen molar-refractivity contribution in [3.05, 3.63) is 78.5 Å². The molecule has 4 aromatic rings. The molecule has 0 atom stereocenters. The van der Waals surface area contributed by atoms with Crippen molar-refractivity contribution in [2.24, 2.45) is 0 Å². The number of hydrogen-bond acceptors (Lipinski definition) is 7. The predicted molar refractivity (Wildman–Crippen MR) is 142 cm³/mol. The molecule has 4 N–H and O–H groups in total. The Morgan fingerprint density at radius 3 is 2.11 bits per heavy atom. The van der Waals surface area contributed by atoms with Gasteiger partial charge in [0.1, 0.15) is 11.6 Å². The van der Waals surface area contributed by atoms with Gasteiger partial charge in [0, 0.05) is 50.1 Å². The lowest BCUT2D eigenvalue weighted by molar-refractivity contribution is -0.120. The Balaban J connectivity index is 1.32. The first-order valence-corrected chi connectivity index (χ1v) is 11.8. The van der Waals surface area contributed by atoms with Gasteiger partial charge in [-0.1, -0.05) is 54.6 Å². The molecule has 0 bridgehead atoms. The second kappa shape index (κ2) is 12.3. The fraction of sp³-hybridized carbons (Fsp3) is 0.222. The molecule has 2 amide bonds. The highest BCUT2D eigenvalue weighted by Crippen LogP contribution is 2.20. The van der Waals surface area contributed by atoms with E-state index < -0.39 is 0 Å². The zero-order valence-corrected chi connectivity index (χ0v) is 20.1. The summed E-state index contributed by atoms with van der Waals surface area (Å²) in [6.45, 7) is 3.43. The Bertz CT molecular complexity index is 1330. The van der Waals surface area contributed by atoms with Crippen LogP contribution in [0.1, 0.15) is 12.6 Å². The fourth-order valence-electron chi connectivity index (χ4n) is 3.60. The Morgan fingerprint density at radius 2 is 1.39 bits per heavy atom. The summed E-state index contributed by atoms with van der Waals surface area (Å²) < 4.78 is 0. The van der Waals surface area contributed by atoms with Gasteiger partial charge in [0.05, 0.1) is 17.6 Å². The van der Waals surface area contributed by atoms with Gasteiger partial charge in [-0.15, -0.1) is 0 Å². The summed E-state index contributed by atoms with van der Waals surface area (Å²) in [5.41, 5.74) is 2.50. The summed E-state index contributed by atoms with van der Waals surface area (Å²) >= 11 is 0. The molecule has 0 aliphatic rings. The second-order valence-electron chi connectivity index (χ2n) is 8.19. The minimum absolute atomic E-state index is 0.0785. The standard InChI is InChI=1S/C27H29N7O2/c1-19(35)28-13-14-29-24-18-25(34-27(33-24)21-8-3-2-4-9-21)30-15-16-31-26(36)17-22-12-11-20-7-5-6-10-23(20)32-22/h2-12,18H,13-17H2,1H3,(H,28,35)(H,31,36)(H2,29,30,33,34). The molecule has 0 fully saturated rings. The van der Waals surface area contributed by atoms with E-state index in [4.69, 9.17) is 0 Å².